The van der Waals surface area contributed by atoms with Gasteiger partial charge in [-0.1, -0.05) is 17.7 Å². The summed E-state index contributed by atoms with van der Waals surface area (Å²) in [4.78, 5) is 25.3. The number of carbonyl (C=O) groups excluding carboxylic acids is 1. The topological polar surface area (TPSA) is 88.0 Å². The van der Waals surface area contributed by atoms with E-state index in [4.69, 9.17) is 17.3 Å². The summed E-state index contributed by atoms with van der Waals surface area (Å²) in [5.41, 5.74) is 6.34. The molecule has 4 N–H and O–H groups in total. The number of hydrogen-bond donors (Lipinski definition) is 3. The van der Waals surface area contributed by atoms with E-state index >= 15 is 0 Å². The minimum Gasteiger partial charge on any atom is -0.398 e. The highest BCUT2D eigenvalue weighted by Crippen LogP contribution is 2.22. The van der Waals surface area contributed by atoms with Crippen LogP contribution in [0.25, 0.3) is 0 Å². The van der Waals surface area contributed by atoms with Gasteiger partial charge in [0.2, 0.25) is 5.56 Å². The van der Waals surface area contributed by atoms with E-state index in [0.717, 1.165) is 0 Å². The average Bonchev–Trinajstić information content (AvgIpc) is 2.34. The number of nitrogens with two attached hydrogens (primary N) is 1. The Kier molecular flexibility index (Phi) is 3.34. The van der Waals surface area contributed by atoms with Crippen molar-refractivity contribution in [1.82, 2.24) is 4.98 Å². The van der Waals surface area contributed by atoms with Crippen molar-refractivity contribution in [2.75, 3.05) is 11.1 Å². The van der Waals surface area contributed by atoms with Gasteiger partial charge < -0.3 is 16.0 Å². The van der Waals surface area contributed by atoms with Crippen molar-refractivity contribution < 1.29 is 4.79 Å². The average molecular weight is 264 g/mol. The van der Waals surface area contributed by atoms with Gasteiger partial charge in [0.1, 0.15) is 5.69 Å². The highest BCUT2D eigenvalue weighted by molar-refractivity contribution is 6.33. The number of H-pyrrole nitrogens is 1. The van der Waals surface area contributed by atoms with Gasteiger partial charge in [0.15, 0.2) is 0 Å². The summed E-state index contributed by atoms with van der Waals surface area (Å²) in [7, 11) is 0. The van der Waals surface area contributed by atoms with E-state index in [1.807, 2.05) is 0 Å². The van der Waals surface area contributed by atoms with Gasteiger partial charge in [-0.05, 0) is 24.3 Å². The smallest absolute Gasteiger partial charge is 0.272 e. The van der Waals surface area contributed by atoms with Crippen molar-refractivity contribution in [2.45, 2.75) is 0 Å². The summed E-state index contributed by atoms with van der Waals surface area (Å²) in [6, 6.07) is 9.10. The molecule has 1 aromatic heterocycles. The number of carbonyl (C=O) groups is 1. The van der Waals surface area contributed by atoms with Crippen LogP contribution in [0.1, 0.15) is 10.5 Å². The Labute approximate surface area is 108 Å². The molecule has 1 heterocycles. The van der Waals surface area contributed by atoms with E-state index in [0.29, 0.717) is 16.4 Å². The Bertz CT molecular complexity index is 652. The minimum absolute atomic E-state index is 0.176. The molecule has 18 heavy (non-hydrogen) atoms. The predicted molar refractivity (Wildman–Crippen MR) is 70.9 cm³/mol. The van der Waals surface area contributed by atoms with Crippen LogP contribution in [0.4, 0.5) is 11.4 Å². The summed E-state index contributed by atoms with van der Waals surface area (Å²) >= 11 is 5.83. The first-order chi connectivity index (χ1) is 8.56. The molecule has 0 saturated carbocycles. The number of benzene rings is 1. The van der Waals surface area contributed by atoms with Crippen molar-refractivity contribution in [3.8, 4) is 0 Å². The monoisotopic (exact) mass is 263 g/mol. The molecule has 5 nitrogen and oxygen atoms in total. The van der Waals surface area contributed by atoms with E-state index in [1.165, 1.54) is 24.3 Å². The molecule has 0 aliphatic heterocycles. The molecule has 1 aromatic carbocycles. The normalized spacial score (nSPS) is 10.1. The molecule has 0 unspecified atom stereocenters. The van der Waals surface area contributed by atoms with Crippen LogP contribution in [0.15, 0.2) is 41.2 Å². The lowest BCUT2D eigenvalue weighted by molar-refractivity contribution is 0.102. The van der Waals surface area contributed by atoms with Crippen LogP contribution in [-0.4, -0.2) is 10.9 Å². The lowest BCUT2D eigenvalue weighted by Gasteiger charge is -2.06. The van der Waals surface area contributed by atoms with Gasteiger partial charge in [-0.25, -0.2) is 0 Å². The first-order valence-electron chi connectivity index (χ1n) is 5.12. The fourth-order valence-corrected chi connectivity index (χ4v) is 1.56. The summed E-state index contributed by atoms with van der Waals surface area (Å²) in [5, 5.41) is 2.96. The number of nitrogens with one attached hydrogen (secondary N) is 2. The van der Waals surface area contributed by atoms with Gasteiger partial charge in [-0.15, -0.1) is 0 Å². The Balaban J connectivity index is 2.21. The molecule has 6 heteroatoms. The number of nitrogen functional groups attached to an aromatic ring is 1. The number of hydrogen-bond acceptors (Lipinski definition) is 3. The Morgan fingerprint density at radius 3 is 2.72 bits per heavy atom. The van der Waals surface area contributed by atoms with E-state index in [-0.39, 0.29) is 11.3 Å². The molecule has 92 valence electrons. The molecule has 1 amide bonds. The number of anilines is 2. The van der Waals surface area contributed by atoms with Crippen molar-refractivity contribution in [3.05, 3.63) is 57.5 Å². The number of rotatable bonds is 2. The van der Waals surface area contributed by atoms with Crippen LogP contribution in [0, 0.1) is 0 Å². The lowest BCUT2D eigenvalue weighted by Crippen LogP contribution is -2.17. The van der Waals surface area contributed by atoms with E-state index in [1.54, 1.807) is 12.1 Å². The van der Waals surface area contributed by atoms with Crippen LogP contribution in [0.5, 0.6) is 0 Å². The van der Waals surface area contributed by atoms with Gasteiger partial charge in [0.05, 0.1) is 10.7 Å². The molecule has 2 rings (SSSR count). The molecule has 2 aromatic rings. The molecule has 0 atom stereocenters. The lowest BCUT2D eigenvalue weighted by atomic mass is 10.2. The van der Waals surface area contributed by atoms with Crippen LogP contribution in [0.2, 0.25) is 5.02 Å². The summed E-state index contributed by atoms with van der Waals surface area (Å²) in [6.45, 7) is 0. The first-order valence-corrected chi connectivity index (χ1v) is 5.50. The van der Waals surface area contributed by atoms with Crippen molar-refractivity contribution in [3.63, 3.8) is 0 Å². The maximum absolute atomic E-state index is 11.8. The van der Waals surface area contributed by atoms with Crippen molar-refractivity contribution in [1.29, 1.82) is 0 Å². The number of amides is 1. The second-order valence-corrected chi connectivity index (χ2v) is 4.03. The summed E-state index contributed by atoms with van der Waals surface area (Å²) in [5.74, 6) is -0.423. The Morgan fingerprint density at radius 2 is 2.06 bits per heavy atom. The molecule has 0 fully saturated rings. The highest BCUT2D eigenvalue weighted by atomic mass is 35.5. The SMILES string of the molecule is Nc1ccc(NC(=O)c2cccc(=O)[nH]2)cc1Cl. The second-order valence-electron chi connectivity index (χ2n) is 3.62. The van der Waals surface area contributed by atoms with Crippen LogP contribution in [0.3, 0.4) is 0 Å². The molecule has 0 aliphatic rings. The van der Waals surface area contributed by atoms with Gasteiger partial charge in [-0.3, -0.25) is 9.59 Å². The van der Waals surface area contributed by atoms with Gasteiger partial charge >= 0.3 is 0 Å². The minimum atomic E-state index is -0.423. The Morgan fingerprint density at radius 1 is 1.28 bits per heavy atom. The maximum Gasteiger partial charge on any atom is 0.272 e. The number of pyridine rings is 1. The van der Waals surface area contributed by atoms with Crippen molar-refractivity contribution >= 4 is 28.9 Å². The summed E-state index contributed by atoms with van der Waals surface area (Å²) < 4.78 is 0. The standard InChI is InChI=1S/C12H10ClN3O2/c13-8-6-7(4-5-9(8)14)15-12(18)10-2-1-3-11(17)16-10/h1-6H,14H2,(H,15,18)(H,16,17). The third kappa shape index (κ3) is 2.70. The van der Waals surface area contributed by atoms with E-state index < -0.39 is 5.91 Å². The van der Waals surface area contributed by atoms with E-state index in [2.05, 4.69) is 10.3 Å². The summed E-state index contributed by atoms with van der Waals surface area (Å²) in [6.07, 6.45) is 0. The largest absolute Gasteiger partial charge is 0.398 e. The predicted octanol–water partition coefficient (Wildman–Crippen LogP) is 1.86. The van der Waals surface area contributed by atoms with Crippen LogP contribution in [-0.2, 0) is 0 Å². The number of aromatic amines is 1. The van der Waals surface area contributed by atoms with Gasteiger partial charge in [-0.2, -0.15) is 0 Å². The second kappa shape index (κ2) is 4.93. The van der Waals surface area contributed by atoms with E-state index in [9.17, 15) is 9.59 Å². The van der Waals surface area contributed by atoms with Crippen LogP contribution >= 0.6 is 11.6 Å². The van der Waals surface area contributed by atoms with Crippen LogP contribution < -0.4 is 16.6 Å². The molecule has 0 aliphatic carbocycles. The van der Waals surface area contributed by atoms with Crippen molar-refractivity contribution in [2.24, 2.45) is 0 Å². The number of aromatic nitrogens is 1. The zero-order chi connectivity index (χ0) is 13.1. The molecule has 0 radical (unpaired) electrons. The Hall–Kier alpha value is -2.27. The zero-order valence-electron chi connectivity index (χ0n) is 9.24. The highest BCUT2D eigenvalue weighted by Gasteiger charge is 2.07. The fraction of sp³-hybridized carbons (Fsp3) is 0. The zero-order valence-corrected chi connectivity index (χ0v) is 9.99. The number of halogens is 1. The molecular weight excluding hydrogens is 254 g/mol. The molecule has 0 bridgehead atoms. The molecular formula is C12H10ClN3O2. The maximum atomic E-state index is 11.8. The third-order valence-electron chi connectivity index (χ3n) is 2.27. The molecule has 0 saturated heterocycles. The van der Waals surface area contributed by atoms with Gasteiger partial charge in [0.25, 0.3) is 5.91 Å². The first kappa shape index (κ1) is 12.2. The molecule has 0 spiro atoms. The fourth-order valence-electron chi connectivity index (χ4n) is 1.38. The third-order valence-corrected chi connectivity index (χ3v) is 2.60. The quantitative estimate of drug-likeness (QED) is 0.723. The van der Waals surface area contributed by atoms with Gasteiger partial charge in [0, 0.05) is 11.8 Å².